The molecule has 0 radical (unpaired) electrons. The number of methoxy groups -OCH3 is 1. The Hall–Kier alpha value is -2.29. The van der Waals surface area contributed by atoms with Gasteiger partial charge in [-0.05, 0) is 45.0 Å². The van der Waals surface area contributed by atoms with E-state index >= 15 is 0 Å². The summed E-state index contributed by atoms with van der Waals surface area (Å²) in [6.45, 7) is 5.90. The fraction of sp³-hybridized carbons (Fsp3) is 0.278. The van der Waals surface area contributed by atoms with Crippen molar-refractivity contribution in [1.82, 2.24) is 0 Å². The van der Waals surface area contributed by atoms with Crippen molar-refractivity contribution in [3.05, 3.63) is 58.7 Å². The average Bonchev–Trinajstić information content (AvgIpc) is 2.46. The summed E-state index contributed by atoms with van der Waals surface area (Å²) in [6.07, 6.45) is 0. The van der Waals surface area contributed by atoms with Gasteiger partial charge < -0.3 is 9.47 Å². The third-order valence-electron chi connectivity index (χ3n) is 3.33. The molecule has 0 atom stereocenters. The Morgan fingerprint density at radius 3 is 2.24 bits per heavy atom. The van der Waals surface area contributed by atoms with E-state index in [-0.39, 0.29) is 5.78 Å². The van der Waals surface area contributed by atoms with Gasteiger partial charge in [-0.3, -0.25) is 4.79 Å². The lowest BCUT2D eigenvalue weighted by Crippen LogP contribution is -2.03. The summed E-state index contributed by atoms with van der Waals surface area (Å²) in [7, 11) is 1.64. The summed E-state index contributed by atoms with van der Waals surface area (Å²) in [4.78, 5) is 11.7. The maximum atomic E-state index is 11.7. The molecule has 2 aromatic rings. The van der Waals surface area contributed by atoms with Gasteiger partial charge in [0.2, 0.25) is 0 Å². The molecular formula is C18H20O3. The van der Waals surface area contributed by atoms with Crippen molar-refractivity contribution in [2.24, 2.45) is 0 Å². The van der Waals surface area contributed by atoms with Crippen LogP contribution < -0.4 is 9.47 Å². The van der Waals surface area contributed by atoms with Crippen molar-refractivity contribution in [3.8, 4) is 11.5 Å². The molecule has 0 bridgehead atoms. The van der Waals surface area contributed by atoms with E-state index in [4.69, 9.17) is 9.47 Å². The molecule has 0 aliphatic heterocycles. The van der Waals surface area contributed by atoms with Crippen LogP contribution in [0.3, 0.4) is 0 Å². The lowest BCUT2D eigenvalue weighted by molar-refractivity contribution is 0.101. The van der Waals surface area contributed by atoms with Gasteiger partial charge in [0.05, 0.1) is 12.7 Å². The minimum atomic E-state index is 0.00454. The van der Waals surface area contributed by atoms with Crippen molar-refractivity contribution in [2.75, 3.05) is 7.11 Å². The second-order valence-corrected chi connectivity index (χ2v) is 5.16. The average molecular weight is 284 g/mol. The number of ether oxygens (including phenoxy) is 2. The van der Waals surface area contributed by atoms with Gasteiger partial charge in [-0.15, -0.1) is 0 Å². The standard InChI is InChI=1S/C18H20O3/c1-12-5-7-17(20-4)15(9-12)11-21-18-8-6-13(2)10-16(18)14(3)19/h5-10H,11H2,1-4H3. The fourth-order valence-electron chi connectivity index (χ4n) is 2.22. The maximum absolute atomic E-state index is 11.7. The molecule has 0 heterocycles. The molecule has 0 aliphatic rings. The Labute approximate surface area is 125 Å². The number of benzene rings is 2. The van der Waals surface area contributed by atoms with E-state index in [0.717, 1.165) is 22.4 Å². The molecule has 3 nitrogen and oxygen atoms in total. The fourth-order valence-corrected chi connectivity index (χ4v) is 2.22. The van der Waals surface area contributed by atoms with Crippen LogP contribution in [0.4, 0.5) is 0 Å². The number of ketones is 1. The molecular weight excluding hydrogens is 264 g/mol. The molecule has 0 fully saturated rings. The van der Waals surface area contributed by atoms with Crippen LogP contribution in [0, 0.1) is 13.8 Å². The maximum Gasteiger partial charge on any atom is 0.163 e. The molecule has 0 saturated heterocycles. The molecule has 0 aromatic heterocycles. The highest BCUT2D eigenvalue weighted by molar-refractivity contribution is 5.97. The molecule has 0 unspecified atom stereocenters. The molecule has 0 saturated carbocycles. The lowest BCUT2D eigenvalue weighted by atomic mass is 10.1. The van der Waals surface area contributed by atoms with Crippen molar-refractivity contribution in [1.29, 1.82) is 0 Å². The largest absolute Gasteiger partial charge is 0.496 e. The smallest absolute Gasteiger partial charge is 0.163 e. The monoisotopic (exact) mass is 284 g/mol. The first kappa shape index (κ1) is 15.1. The first-order chi connectivity index (χ1) is 10.0. The Morgan fingerprint density at radius 1 is 1.00 bits per heavy atom. The van der Waals surface area contributed by atoms with Crippen LogP contribution in [0.5, 0.6) is 11.5 Å². The first-order valence-electron chi connectivity index (χ1n) is 6.89. The molecule has 0 amide bonds. The second kappa shape index (κ2) is 6.44. The van der Waals surface area contributed by atoms with Gasteiger partial charge in [0, 0.05) is 5.56 Å². The number of aryl methyl sites for hydroxylation is 2. The molecule has 2 rings (SSSR count). The van der Waals surface area contributed by atoms with E-state index in [0.29, 0.717) is 17.9 Å². The highest BCUT2D eigenvalue weighted by Gasteiger charge is 2.10. The third-order valence-corrected chi connectivity index (χ3v) is 3.33. The molecule has 2 aromatic carbocycles. The Balaban J connectivity index is 2.24. The molecule has 21 heavy (non-hydrogen) atoms. The van der Waals surface area contributed by atoms with E-state index in [1.807, 2.05) is 50.2 Å². The summed E-state index contributed by atoms with van der Waals surface area (Å²) in [6, 6.07) is 11.6. The quantitative estimate of drug-likeness (QED) is 0.776. The minimum absolute atomic E-state index is 0.00454. The van der Waals surface area contributed by atoms with Gasteiger partial charge in [-0.25, -0.2) is 0 Å². The van der Waals surface area contributed by atoms with E-state index in [1.54, 1.807) is 14.0 Å². The van der Waals surface area contributed by atoms with E-state index in [2.05, 4.69) is 0 Å². The zero-order valence-electron chi connectivity index (χ0n) is 12.9. The van der Waals surface area contributed by atoms with E-state index in [1.165, 1.54) is 0 Å². The van der Waals surface area contributed by atoms with Crippen LogP contribution in [0.2, 0.25) is 0 Å². The summed E-state index contributed by atoms with van der Waals surface area (Å²) >= 11 is 0. The number of hydrogen-bond donors (Lipinski definition) is 0. The molecule has 0 N–H and O–H groups in total. The zero-order valence-corrected chi connectivity index (χ0v) is 12.9. The van der Waals surface area contributed by atoms with Crippen LogP contribution in [0.25, 0.3) is 0 Å². The predicted molar refractivity (Wildman–Crippen MR) is 83.2 cm³/mol. The predicted octanol–water partition coefficient (Wildman–Crippen LogP) is 4.09. The van der Waals surface area contributed by atoms with Gasteiger partial charge in [-0.1, -0.05) is 23.3 Å². The number of carbonyl (C=O) groups is 1. The third kappa shape index (κ3) is 3.63. The minimum Gasteiger partial charge on any atom is -0.496 e. The van der Waals surface area contributed by atoms with Crippen LogP contribution in [-0.2, 0) is 6.61 Å². The van der Waals surface area contributed by atoms with E-state index in [9.17, 15) is 4.79 Å². The molecule has 0 aliphatic carbocycles. The van der Waals surface area contributed by atoms with Gasteiger partial charge in [0.1, 0.15) is 18.1 Å². The van der Waals surface area contributed by atoms with Crippen LogP contribution in [0.15, 0.2) is 36.4 Å². The van der Waals surface area contributed by atoms with Crippen molar-refractivity contribution >= 4 is 5.78 Å². The number of carbonyl (C=O) groups excluding carboxylic acids is 1. The topological polar surface area (TPSA) is 35.5 Å². The lowest BCUT2D eigenvalue weighted by Gasteiger charge is -2.13. The van der Waals surface area contributed by atoms with E-state index < -0.39 is 0 Å². The molecule has 3 heteroatoms. The van der Waals surface area contributed by atoms with Crippen molar-refractivity contribution < 1.29 is 14.3 Å². The summed E-state index contributed by atoms with van der Waals surface area (Å²) in [5.74, 6) is 1.40. The number of Topliss-reactive ketones (excluding diaryl/α,β-unsaturated/α-hetero) is 1. The highest BCUT2D eigenvalue weighted by atomic mass is 16.5. The summed E-state index contributed by atoms with van der Waals surface area (Å²) < 4.78 is 11.2. The number of rotatable bonds is 5. The summed E-state index contributed by atoms with van der Waals surface area (Å²) in [5, 5.41) is 0. The van der Waals surface area contributed by atoms with Gasteiger partial charge in [0.15, 0.2) is 5.78 Å². The number of hydrogen-bond acceptors (Lipinski definition) is 3. The van der Waals surface area contributed by atoms with Crippen LogP contribution in [0.1, 0.15) is 34.0 Å². The second-order valence-electron chi connectivity index (χ2n) is 5.16. The summed E-state index contributed by atoms with van der Waals surface area (Å²) in [5.41, 5.74) is 3.76. The van der Waals surface area contributed by atoms with Gasteiger partial charge >= 0.3 is 0 Å². The van der Waals surface area contributed by atoms with Crippen LogP contribution >= 0.6 is 0 Å². The van der Waals surface area contributed by atoms with Crippen molar-refractivity contribution in [2.45, 2.75) is 27.4 Å². The normalized spacial score (nSPS) is 10.3. The molecule has 0 spiro atoms. The Bertz CT molecular complexity index is 660. The Kier molecular flexibility index (Phi) is 4.63. The van der Waals surface area contributed by atoms with Gasteiger partial charge in [0.25, 0.3) is 0 Å². The first-order valence-corrected chi connectivity index (χ1v) is 6.89. The molecule has 110 valence electrons. The highest BCUT2D eigenvalue weighted by Crippen LogP contribution is 2.25. The van der Waals surface area contributed by atoms with Crippen LogP contribution in [-0.4, -0.2) is 12.9 Å². The van der Waals surface area contributed by atoms with Gasteiger partial charge in [-0.2, -0.15) is 0 Å². The SMILES string of the molecule is COc1ccc(C)cc1COc1ccc(C)cc1C(C)=O. The zero-order chi connectivity index (χ0) is 15.4. The Morgan fingerprint density at radius 2 is 1.62 bits per heavy atom. The van der Waals surface area contributed by atoms with Crippen molar-refractivity contribution in [3.63, 3.8) is 0 Å².